The van der Waals surface area contributed by atoms with Crippen molar-refractivity contribution >= 4 is 5.57 Å². The highest BCUT2D eigenvalue weighted by Gasteiger charge is 2.32. The van der Waals surface area contributed by atoms with Crippen LogP contribution < -0.4 is 0 Å². The fraction of sp³-hybridized carbons (Fsp3) is 0.259. The predicted octanol–water partition coefficient (Wildman–Crippen LogP) is 7.24. The highest BCUT2D eigenvalue weighted by molar-refractivity contribution is 5.82. The second-order valence-corrected chi connectivity index (χ2v) is 8.36. The van der Waals surface area contributed by atoms with Crippen molar-refractivity contribution in [3.8, 4) is 22.3 Å². The number of halogens is 4. The van der Waals surface area contributed by atoms with Gasteiger partial charge in [0.25, 0.3) is 0 Å². The molecule has 5 heteroatoms. The van der Waals surface area contributed by atoms with E-state index < -0.39 is 23.3 Å². The fourth-order valence-electron chi connectivity index (χ4n) is 4.72. The lowest BCUT2D eigenvalue weighted by atomic mass is 9.95. The van der Waals surface area contributed by atoms with E-state index in [4.69, 9.17) is 4.74 Å². The van der Waals surface area contributed by atoms with Crippen LogP contribution in [0.2, 0.25) is 0 Å². The Labute approximate surface area is 184 Å². The smallest absolute Gasteiger partial charge is 0.167 e. The fourth-order valence-corrected chi connectivity index (χ4v) is 4.72. The van der Waals surface area contributed by atoms with Gasteiger partial charge in [0.15, 0.2) is 23.3 Å². The Morgan fingerprint density at radius 3 is 2.12 bits per heavy atom. The number of aryl methyl sites for hydroxylation is 1. The molecule has 3 aromatic carbocycles. The van der Waals surface area contributed by atoms with Crippen LogP contribution in [0.25, 0.3) is 27.8 Å². The molecule has 164 valence electrons. The lowest BCUT2D eigenvalue weighted by molar-refractivity contribution is 0.164. The van der Waals surface area contributed by atoms with Crippen LogP contribution in [0.1, 0.15) is 42.0 Å². The van der Waals surface area contributed by atoms with Crippen LogP contribution in [-0.4, -0.2) is 13.2 Å². The molecule has 0 aromatic heterocycles. The molecule has 0 amide bonds. The van der Waals surface area contributed by atoms with E-state index in [0.29, 0.717) is 42.7 Å². The van der Waals surface area contributed by atoms with E-state index in [2.05, 4.69) is 6.08 Å². The summed E-state index contributed by atoms with van der Waals surface area (Å²) in [4.78, 5) is 0. The summed E-state index contributed by atoms with van der Waals surface area (Å²) in [6, 6.07) is 10.4. The van der Waals surface area contributed by atoms with Gasteiger partial charge in [0.2, 0.25) is 0 Å². The predicted molar refractivity (Wildman–Crippen MR) is 117 cm³/mol. The van der Waals surface area contributed by atoms with Crippen molar-refractivity contribution in [2.24, 2.45) is 0 Å². The average molecular weight is 438 g/mol. The number of benzene rings is 3. The zero-order valence-electron chi connectivity index (χ0n) is 17.7. The number of fused-ring (bicyclic) bond motifs is 3. The molecule has 0 unspecified atom stereocenters. The number of rotatable bonds is 4. The second kappa shape index (κ2) is 8.21. The zero-order valence-corrected chi connectivity index (χ0v) is 17.7. The van der Waals surface area contributed by atoms with E-state index in [9.17, 15) is 8.78 Å². The van der Waals surface area contributed by atoms with Gasteiger partial charge in [-0.05, 0) is 58.7 Å². The van der Waals surface area contributed by atoms with Gasteiger partial charge in [-0.3, -0.25) is 0 Å². The highest BCUT2D eigenvalue weighted by Crippen LogP contribution is 2.45. The summed E-state index contributed by atoms with van der Waals surface area (Å²) in [5, 5.41) is 0. The quantitative estimate of drug-likeness (QED) is 0.305. The minimum absolute atomic E-state index is 0.115. The summed E-state index contributed by atoms with van der Waals surface area (Å²) >= 11 is 0. The van der Waals surface area contributed by atoms with Crippen LogP contribution in [0.4, 0.5) is 17.6 Å². The molecule has 1 aliphatic heterocycles. The van der Waals surface area contributed by atoms with E-state index in [1.807, 2.05) is 19.1 Å². The maximum Gasteiger partial charge on any atom is 0.167 e. The van der Waals surface area contributed by atoms with Crippen LogP contribution in [0.15, 0.2) is 42.5 Å². The maximum atomic E-state index is 15.2. The molecule has 0 bridgehead atoms. The molecule has 0 spiro atoms. The van der Waals surface area contributed by atoms with Gasteiger partial charge >= 0.3 is 0 Å². The Kier molecular flexibility index (Phi) is 5.38. The van der Waals surface area contributed by atoms with Crippen molar-refractivity contribution < 1.29 is 22.3 Å². The molecular weight excluding hydrogens is 416 g/mol. The van der Waals surface area contributed by atoms with E-state index in [1.54, 1.807) is 24.3 Å². The maximum absolute atomic E-state index is 15.2. The van der Waals surface area contributed by atoms with Gasteiger partial charge in [0, 0.05) is 16.7 Å². The van der Waals surface area contributed by atoms with Crippen molar-refractivity contribution in [2.75, 3.05) is 13.2 Å². The number of hydrogen-bond donors (Lipinski definition) is 0. The van der Waals surface area contributed by atoms with Gasteiger partial charge in [-0.1, -0.05) is 49.8 Å². The minimum Gasteiger partial charge on any atom is -0.376 e. The van der Waals surface area contributed by atoms with Crippen LogP contribution in [-0.2, 0) is 17.6 Å². The summed E-state index contributed by atoms with van der Waals surface area (Å²) in [5.74, 6) is -4.26. The molecule has 1 nitrogen and oxygen atoms in total. The SMILES string of the molecule is CCCc1cc2c(c(F)c1F)-c1c(cc(-c3ccc(C4=CCCOC4)cc3)c(F)c1F)C2. The molecule has 1 aliphatic carbocycles. The van der Waals surface area contributed by atoms with Crippen molar-refractivity contribution in [3.63, 3.8) is 0 Å². The Morgan fingerprint density at radius 2 is 1.47 bits per heavy atom. The zero-order chi connectivity index (χ0) is 22.4. The van der Waals surface area contributed by atoms with Gasteiger partial charge in [0.1, 0.15) is 0 Å². The van der Waals surface area contributed by atoms with E-state index >= 15 is 8.78 Å². The van der Waals surface area contributed by atoms with Crippen molar-refractivity contribution in [2.45, 2.75) is 32.6 Å². The normalized spacial score (nSPS) is 14.8. The molecule has 3 aromatic rings. The van der Waals surface area contributed by atoms with Gasteiger partial charge in [-0.2, -0.15) is 0 Å². The average Bonchev–Trinajstić information content (AvgIpc) is 3.19. The van der Waals surface area contributed by atoms with E-state index in [1.165, 1.54) is 0 Å². The Balaban J connectivity index is 1.57. The highest BCUT2D eigenvalue weighted by atomic mass is 19.2. The van der Waals surface area contributed by atoms with Crippen molar-refractivity contribution in [1.29, 1.82) is 0 Å². The molecular formula is C27H22F4O. The minimum atomic E-state index is -1.13. The first-order chi connectivity index (χ1) is 15.5. The summed E-state index contributed by atoms with van der Waals surface area (Å²) in [7, 11) is 0. The van der Waals surface area contributed by atoms with Gasteiger partial charge in [-0.15, -0.1) is 0 Å². The molecule has 0 atom stereocenters. The summed E-state index contributed by atoms with van der Waals surface area (Å²) < 4.78 is 65.1. The standard InChI is InChI=1S/C27H22F4O/c1-2-4-17-11-19-12-20-13-21(25(29)27(31)23(20)22(19)26(30)24(17)28)16-8-6-15(7-9-16)18-5-3-10-32-14-18/h5-9,11,13H,2-4,10,12,14H2,1H3. The first-order valence-corrected chi connectivity index (χ1v) is 10.9. The molecule has 5 rings (SSSR count). The second-order valence-electron chi connectivity index (χ2n) is 8.36. The van der Waals surface area contributed by atoms with Gasteiger partial charge < -0.3 is 4.74 Å². The summed E-state index contributed by atoms with van der Waals surface area (Å²) in [6.07, 6.45) is 4.26. The van der Waals surface area contributed by atoms with E-state index in [0.717, 1.165) is 17.6 Å². The largest absolute Gasteiger partial charge is 0.376 e. The summed E-state index contributed by atoms with van der Waals surface area (Å²) in [5.41, 5.74) is 3.61. The molecule has 0 radical (unpaired) electrons. The topological polar surface area (TPSA) is 9.23 Å². The van der Waals surface area contributed by atoms with Gasteiger partial charge in [0.05, 0.1) is 13.2 Å². The molecule has 0 saturated carbocycles. The Morgan fingerprint density at radius 1 is 0.812 bits per heavy atom. The van der Waals surface area contributed by atoms with E-state index in [-0.39, 0.29) is 28.7 Å². The van der Waals surface area contributed by atoms with Gasteiger partial charge in [-0.25, -0.2) is 17.6 Å². The van der Waals surface area contributed by atoms with Crippen LogP contribution in [0.3, 0.4) is 0 Å². The lowest BCUT2D eigenvalue weighted by Crippen LogP contribution is -2.05. The first-order valence-electron chi connectivity index (χ1n) is 10.9. The molecule has 0 saturated heterocycles. The molecule has 0 N–H and O–H groups in total. The number of ether oxygens (including phenoxy) is 1. The monoisotopic (exact) mass is 438 g/mol. The Hall–Kier alpha value is -2.92. The lowest BCUT2D eigenvalue weighted by Gasteiger charge is -2.15. The van der Waals surface area contributed by atoms with Crippen LogP contribution in [0.5, 0.6) is 0 Å². The van der Waals surface area contributed by atoms with Crippen LogP contribution in [0, 0.1) is 23.3 Å². The third-order valence-electron chi connectivity index (χ3n) is 6.28. The third-order valence-corrected chi connectivity index (χ3v) is 6.28. The molecule has 1 heterocycles. The molecule has 0 fully saturated rings. The third kappa shape index (κ3) is 3.36. The molecule has 32 heavy (non-hydrogen) atoms. The van der Waals surface area contributed by atoms with Crippen molar-refractivity contribution in [1.82, 2.24) is 0 Å². The first kappa shape index (κ1) is 21.0. The van der Waals surface area contributed by atoms with Crippen molar-refractivity contribution in [3.05, 3.63) is 88.0 Å². The van der Waals surface area contributed by atoms with Crippen LogP contribution >= 0.6 is 0 Å². The Bertz CT molecular complexity index is 1240. The summed E-state index contributed by atoms with van der Waals surface area (Å²) in [6.45, 7) is 3.11. The number of hydrogen-bond acceptors (Lipinski definition) is 1. The molecule has 2 aliphatic rings.